The zero-order chi connectivity index (χ0) is 17.7. The molecule has 4 nitrogen and oxygen atoms in total. The van der Waals surface area contributed by atoms with Crippen LogP contribution in [0.3, 0.4) is 0 Å². The maximum absolute atomic E-state index is 12.2. The molecule has 126 valence electrons. The molecule has 2 aromatic carbocycles. The fourth-order valence-corrected chi connectivity index (χ4v) is 3.22. The van der Waals surface area contributed by atoms with Gasteiger partial charge in [0.1, 0.15) is 5.75 Å². The average Bonchev–Trinajstić information content (AvgIpc) is 2.54. The predicted octanol–water partition coefficient (Wildman–Crippen LogP) is 5.59. The molecule has 7 heteroatoms. The van der Waals surface area contributed by atoms with Crippen molar-refractivity contribution in [2.75, 3.05) is 11.9 Å². The van der Waals surface area contributed by atoms with Gasteiger partial charge in [0.15, 0.2) is 0 Å². The number of esters is 1. The number of halogens is 3. The summed E-state index contributed by atoms with van der Waals surface area (Å²) in [6.07, 6.45) is 1.56. The lowest BCUT2D eigenvalue weighted by molar-refractivity contribution is -0.136. The number of aromatic hydroxyl groups is 1. The number of hydrogen-bond acceptors (Lipinski definition) is 4. The Morgan fingerprint density at radius 2 is 1.83 bits per heavy atom. The standard InChI is InChI=1S/C17H14Br2ClNO3/c1-2-24-17(23)13(10-3-5-11(20)6-4-10)9-21-12-7-14(18)16(22)15(19)8-12/h3-9,21-22H,2H2,1H3/b13-9+. The summed E-state index contributed by atoms with van der Waals surface area (Å²) in [5.41, 5.74) is 1.73. The van der Waals surface area contributed by atoms with Crippen LogP contribution in [0.2, 0.25) is 5.02 Å². The van der Waals surface area contributed by atoms with Crippen LogP contribution in [0.5, 0.6) is 5.75 Å². The topological polar surface area (TPSA) is 58.6 Å². The van der Waals surface area contributed by atoms with E-state index in [9.17, 15) is 9.90 Å². The molecule has 0 heterocycles. The van der Waals surface area contributed by atoms with Gasteiger partial charge in [0.2, 0.25) is 0 Å². The fraction of sp³-hybridized carbons (Fsp3) is 0.118. The van der Waals surface area contributed by atoms with Crippen LogP contribution < -0.4 is 5.32 Å². The molecular weight excluding hydrogens is 461 g/mol. The van der Waals surface area contributed by atoms with Crippen LogP contribution in [0.1, 0.15) is 12.5 Å². The van der Waals surface area contributed by atoms with Gasteiger partial charge in [-0.3, -0.25) is 0 Å². The zero-order valence-electron chi connectivity index (χ0n) is 12.6. The number of nitrogens with one attached hydrogen (secondary N) is 1. The molecule has 0 unspecified atom stereocenters. The molecule has 0 aliphatic carbocycles. The largest absolute Gasteiger partial charge is 0.506 e. The number of hydrogen-bond donors (Lipinski definition) is 2. The summed E-state index contributed by atoms with van der Waals surface area (Å²) in [5.74, 6) is -0.336. The average molecular weight is 476 g/mol. The normalized spacial score (nSPS) is 11.2. The highest BCUT2D eigenvalue weighted by atomic mass is 79.9. The first-order valence-electron chi connectivity index (χ1n) is 7.00. The first-order chi connectivity index (χ1) is 11.4. The van der Waals surface area contributed by atoms with Gasteiger partial charge in [-0.25, -0.2) is 4.79 Å². The molecule has 0 saturated carbocycles. The molecule has 0 atom stereocenters. The summed E-state index contributed by atoms with van der Waals surface area (Å²) in [7, 11) is 0. The smallest absolute Gasteiger partial charge is 0.340 e. The van der Waals surface area contributed by atoms with Crippen molar-refractivity contribution in [3.8, 4) is 5.75 Å². The highest BCUT2D eigenvalue weighted by Crippen LogP contribution is 2.35. The van der Waals surface area contributed by atoms with Gasteiger partial charge in [0.05, 0.1) is 21.1 Å². The van der Waals surface area contributed by atoms with Crippen LogP contribution in [-0.2, 0) is 9.53 Å². The molecular formula is C17H14Br2ClNO3. The summed E-state index contributed by atoms with van der Waals surface area (Å²) in [4.78, 5) is 12.2. The Labute approximate surface area is 161 Å². The minimum absolute atomic E-state index is 0.104. The van der Waals surface area contributed by atoms with Crippen LogP contribution in [0.4, 0.5) is 5.69 Å². The number of benzene rings is 2. The van der Waals surface area contributed by atoms with E-state index >= 15 is 0 Å². The molecule has 2 aromatic rings. The van der Waals surface area contributed by atoms with Crippen LogP contribution >= 0.6 is 43.5 Å². The van der Waals surface area contributed by atoms with Crippen LogP contribution in [0.15, 0.2) is 51.5 Å². The van der Waals surface area contributed by atoms with Crippen molar-refractivity contribution >= 4 is 60.7 Å². The molecule has 2 rings (SSSR count). The Morgan fingerprint density at radius 1 is 1.25 bits per heavy atom. The third-order valence-electron chi connectivity index (χ3n) is 3.05. The number of carbonyl (C=O) groups is 1. The first kappa shape index (κ1) is 18.8. The van der Waals surface area contributed by atoms with Crippen molar-refractivity contribution in [3.05, 3.63) is 62.1 Å². The molecule has 0 saturated heterocycles. The fourth-order valence-electron chi connectivity index (χ4n) is 1.90. The Morgan fingerprint density at radius 3 is 2.38 bits per heavy atom. The number of phenols is 1. The number of ether oxygens (including phenoxy) is 1. The third kappa shape index (κ3) is 4.75. The van der Waals surface area contributed by atoms with E-state index in [1.54, 1.807) is 49.5 Å². The highest BCUT2D eigenvalue weighted by molar-refractivity contribution is 9.11. The Kier molecular flexibility index (Phi) is 6.71. The third-order valence-corrected chi connectivity index (χ3v) is 4.51. The minimum atomic E-state index is -0.441. The zero-order valence-corrected chi connectivity index (χ0v) is 16.6. The van der Waals surface area contributed by atoms with E-state index in [1.165, 1.54) is 0 Å². The lowest BCUT2D eigenvalue weighted by atomic mass is 10.1. The molecule has 0 amide bonds. The quantitative estimate of drug-likeness (QED) is 0.336. The van der Waals surface area contributed by atoms with Gasteiger partial charge in [0, 0.05) is 16.9 Å². The molecule has 0 bridgehead atoms. The van der Waals surface area contributed by atoms with E-state index in [0.717, 1.165) is 0 Å². The van der Waals surface area contributed by atoms with E-state index < -0.39 is 5.97 Å². The summed E-state index contributed by atoms with van der Waals surface area (Å²) in [5, 5.41) is 13.4. The van der Waals surface area contributed by atoms with Crippen molar-refractivity contribution in [1.82, 2.24) is 0 Å². The number of anilines is 1. The summed E-state index contributed by atoms with van der Waals surface area (Å²) in [6.45, 7) is 2.03. The van der Waals surface area contributed by atoms with Crippen molar-refractivity contribution in [3.63, 3.8) is 0 Å². The van der Waals surface area contributed by atoms with E-state index in [0.29, 0.717) is 30.8 Å². The van der Waals surface area contributed by atoms with Crippen LogP contribution in [0.25, 0.3) is 5.57 Å². The van der Waals surface area contributed by atoms with Crippen molar-refractivity contribution in [2.24, 2.45) is 0 Å². The lowest BCUT2D eigenvalue weighted by Crippen LogP contribution is -2.08. The predicted molar refractivity (Wildman–Crippen MR) is 103 cm³/mol. The Hall–Kier alpha value is -1.50. The maximum Gasteiger partial charge on any atom is 0.340 e. The molecule has 0 aliphatic rings. The Bertz CT molecular complexity index is 753. The van der Waals surface area contributed by atoms with Gasteiger partial charge >= 0.3 is 5.97 Å². The summed E-state index contributed by atoms with van der Waals surface area (Å²) >= 11 is 12.4. The lowest BCUT2D eigenvalue weighted by Gasteiger charge is -2.10. The van der Waals surface area contributed by atoms with E-state index in [2.05, 4.69) is 37.2 Å². The second-order valence-electron chi connectivity index (χ2n) is 4.72. The van der Waals surface area contributed by atoms with Gasteiger partial charge in [-0.2, -0.15) is 0 Å². The highest BCUT2D eigenvalue weighted by Gasteiger charge is 2.13. The maximum atomic E-state index is 12.2. The van der Waals surface area contributed by atoms with Crippen LogP contribution in [0, 0.1) is 0 Å². The molecule has 0 aromatic heterocycles. The Balaban J connectivity index is 2.34. The number of phenolic OH excluding ortho intramolecular Hbond substituents is 1. The van der Waals surface area contributed by atoms with E-state index in [-0.39, 0.29) is 12.4 Å². The number of carbonyl (C=O) groups excluding carboxylic acids is 1. The van der Waals surface area contributed by atoms with Gasteiger partial charge in [-0.15, -0.1) is 0 Å². The van der Waals surface area contributed by atoms with Crippen molar-refractivity contribution < 1.29 is 14.6 Å². The second kappa shape index (κ2) is 8.55. The summed E-state index contributed by atoms with van der Waals surface area (Å²) < 4.78 is 6.15. The van der Waals surface area contributed by atoms with E-state index in [4.69, 9.17) is 16.3 Å². The SMILES string of the molecule is CCOC(=O)/C(=C/Nc1cc(Br)c(O)c(Br)c1)c1ccc(Cl)cc1. The van der Waals surface area contributed by atoms with Gasteiger partial charge < -0.3 is 15.2 Å². The molecule has 2 N–H and O–H groups in total. The molecule has 24 heavy (non-hydrogen) atoms. The van der Waals surface area contributed by atoms with Gasteiger partial charge in [0.25, 0.3) is 0 Å². The summed E-state index contributed by atoms with van der Waals surface area (Å²) in [6, 6.07) is 10.3. The molecule has 0 fully saturated rings. The molecule has 0 aliphatic heterocycles. The van der Waals surface area contributed by atoms with Gasteiger partial charge in [-0.05, 0) is 68.6 Å². The molecule has 0 spiro atoms. The van der Waals surface area contributed by atoms with Gasteiger partial charge in [-0.1, -0.05) is 23.7 Å². The second-order valence-corrected chi connectivity index (χ2v) is 6.86. The first-order valence-corrected chi connectivity index (χ1v) is 8.96. The van der Waals surface area contributed by atoms with Crippen LogP contribution in [-0.4, -0.2) is 17.7 Å². The number of rotatable bonds is 5. The van der Waals surface area contributed by atoms with Crippen molar-refractivity contribution in [2.45, 2.75) is 6.92 Å². The minimum Gasteiger partial charge on any atom is -0.506 e. The van der Waals surface area contributed by atoms with Crippen molar-refractivity contribution in [1.29, 1.82) is 0 Å². The molecule has 0 radical (unpaired) electrons. The van der Waals surface area contributed by atoms with E-state index in [1.807, 2.05) is 0 Å². The monoisotopic (exact) mass is 473 g/mol.